The van der Waals surface area contributed by atoms with Crippen LogP contribution in [0, 0.1) is 0 Å². The van der Waals surface area contributed by atoms with Gasteiger partial charge in [-0.15, -0.1) is 11.3 Å². The number of aromatic nitrogens is 1. The maximum absolute atomic E-state index is 12.6. The number of para-hydroxylation sites is 1. The molecule has 1 aromatic heterocycles. The van der Waals surface area contributed by atoms with Crippen LogP contribution < -0.4 is 5.43 Å². The largest absolute Gasteiger partial charge is 0.416 e. The molecule has 0 aliphatic carbocycles. The van der Waals surface area contributed by atoms with E-state index in [1.54, 1.807) is 0 Å². The molecule has 0 aliphatic rings. The standard InChI is InChI=1S/C17H12F3N3OS2/c18-17(19,20)12-5-3-4-11(8-12)9-21-23-15(24)10-25-16-22-13-6-1-2-7-14(13)26-16/h1-9H,10H2,(H,23,24)/b21-9+. The summed E-state index contributed by atoms with van der Waals surface area (Å²) in [4.78, 5) is 16.2. The molecule has 0 aliphatic heterocycles. The second-order valence-electron chi connectivity index (χ2n) is 5.15. The molecule has 9 heteroatoms. The zero-order valence-electron chi connectivity index (χ0n) is 13.2. The molecule has 0 bridgehead atoms. The van der Waals surface area contributed by atoms with Gasteiger partial charge in [-0.25, -0.2) is 10.4 Å². The third-order valence-corrected chi connectivity index (χ3v) is 5.40. The Balaban J connectivity index is 1.53. The molecule has 0 spiro atoms. The predicted octanol–water partition coefficient (Wildman–Crippen LogP) is 4.56. The van der Waals surface area contributed by atoms with Crippen molar-refractivity contribution >= 4 is 45.4 Å². The normalized spacial score (nSPS) is 12.0. The highest BCUT2D eigenvalue weighted by Crippen LogP contribution is 2.30. The number of carbonyl (C=O) groups is 1. The highest BCUT2D eigenvalue weighted by atomic mass is 32.2. The minimum absolute atomic E-state index is 0.111. The second-order valence-corrected chi connectivity index (χ2v) is 7.41. The van der Waals surface area contributed by atoms with Gasteiger partial charge in [0.25, 0.3) is 5.91 Å². The number of hydrogen-bond acceptors (Lipinski definition) is 5. The summed E-state index contributed by atoms with van der Waals surface area (Å²) in [7, 11) is 0. The van der Waals surface area contributed by atoms with Crippen molar-refractivity contribution < 1.29 is 18.0 Å². The van der Waals surface area contributed by atoms with Crippen LogP contribution in [0.25, 0.3) is 10.2 Å². The number of rotatable bonds is 5. The molecule has 0 fully saturated rings. The van der Waals surface area contributed by atoms with Crippen molar-refractivity contribution in [1.82, 2.24) is 10.4 Å². The van der Waals surface area contributed by atoms with Gasteiger partial charge in [0, 0.05) is 0 Å². The van der Waals surface area contributed by atoms with Crippen molar-refractivity contribution in [3.05, 3.63) is 59.7 Å². The van der Waals surface area contributed by atoms with Crippen molar-refractivity contribution in [2.45, 2.75) is 10.5 Å². The van der Waals surface area contributed by atoms with E-state index in [0.717, 1.165) is 26.7 Å². The Bertz CT molecular complexity index is 921. The smallest absolute Gasteiger partial charge is 0.272 e. The molecular weight excluding hydrogens is 383 g/mol. The van der Waals surface area contributed by atoms with Crippen molar-refractivity contribution in [3.63, 3.8) is 0 Å². The average molecular weight is 395 g/mol. The zero-order chi connectivity index (χ0) is 18.6. The Hall–Kier alpha value is -2.39. The first-order chi connectivity index (χ1) is 12.4. The molecule has 0 saturated heterocycles. The molecule has 0 saturated carbocycles. The number of nitrogens with one attached hydrogen (secondary N) is 1. The van der Waals surface area contributed by atoms with Crippen LogP contribution in [-0.2, 0) is 11.0 Å². The Morgan fingerprint density at radius 1 is 1.23 bits per heavy atom. The Morgan fingerprint density at radius 3 is 2.81 bits per heavy atom. The van der Waals surface area contributed by atoms with Gasteiger partial charge < -0.3 is 0 Å². The van der Waals surface area contributed by atoms with Crippen LogP contribution in [-0.4, -0.2) is 22.9 Å². The van der Waals surface area contributed by atoms with Crippen LogP contribution in [0.4, 0.5) is 13.2 Å². The third-order valence-electron chi connectivity index (χ3n) is 3.22. The number of alkyl halides is 3. The lowest BCUT2D eigenvalue weighted by molar-refractivity contribution is -0.137. The number of nitrogens with zero attached hydrogens (tertiary/aromatic N) is 2. The highest BCUT2D eigenvalue weighted by molar-refractivity contribution is 8.01. The molecular formula is C17H12F3N3OS2. The molecule has 1 amide bonds. The molecule has 0 unspecified atom stereocenters. The van der Waals surface area contributed by atoms with Crippen molar-refractivity contribution in [3.8, 4) is 0 Å². The van der Waals surface area contributed by atoms with E-state index in [9.17, 15) is 18.0 Å². The van der Waals surface area contributed by atoms with E-state index in [4.69, 9.17) is 0 Å². The second kappa shape index (κ2) is 7.88. The molecule has 1 N–H and O–H groups in total. The molecule has 0 atom stereocenters. The summed E-state index contributed by atoms with van der Waals surface area (Å²) in [5.74, 6) is -0.253. The van der Waals surface area contributed by atoms with Gasteiger partial charge in [-0.2, -0.15) is 18.3 Å². The van der Waals surface area contributed by atoms with Crippen LogP contribution >= 0.6 is 23.1 Å². The fourth-order valence-electron chi connectivity index (χ4n) is 2.05. The first kappa shape index (κ1) is 18.4. The van der Waals surface area contributed by atoms with E-state index in [1.807, 2.05) is 24.3 Å². The number of hydrogen-bond donors (Lipinski definition) is 1. The van der Waals surface area contributed by atoms with E-state index < -0.39 is 11.7 Å². The van der Waals surface area contributed by atoms with Crippen LogP contribution in [0.2, 0.25) is 0 Å². The first-order valence-corrected chi connectivity index (χ1v) is 9.19. The molecule has 4 nitrogen and oxygen atoms in total. The monoisotopic (exact) mass is 395 g/mol. The number of carbonyl (C=O) groups excluding carboxylic acids is 1. The Kier molecular flexibility index (Phi) is 5.58. The molecule has 3 rings (SSSR count). The van der Waals surface area contributed by atoms with Gasteiger partial charge in [0.05, 0.1) is 27.7 Å². The molecule has 1 heterocycles. The van der Waals surface area contributed by atoms with E-state index in [2.05, 4.69) is 15.5 Å². The number of hydrazone groups is 1. The molecule has 2 aromatic carbocycles. The maximum Gasteiger partial charge on any atom is 0.416 e. The summed E-state index contributed by atoms with van der Waals surface area (Å²) in [5.41, 5.74) is 2.66. The van der Waals surface area contributed by atoms with Crippen LogP contribution in [0.1, 0.15) is 11.1 Å². The lowest BCUT2D eigenvalue weighted by Gasteiger charge is -2.06. The van der Waals surface area contributed by atoms with Crippen molar-refractivity contribution in [2.24, 2.45) is 5.10 Å². The fraction of sp³-hybridized carbons (Fsp3) is 0.118. The summed E-state index contributed by atoms with van der Waals surface area (Å²) >= 11 is 2.77. The zero-order valence-corrected chi connectivity index (χ0v) is 14.8. The van der Waals surface area contributed by atoms with Gasteiger partial charge in [0.1, 0.15) is 0 Å². The van der Waals surface area contributed by atoms with Crippen molar-refractivity contribution in [1.29, 1.82) is 0 Å². The maximum atomic E-state index is 12.6. The number of thiazole rings is 1. The fourth-order valence-corrected chi connectivity index (χ4v) is 3.91. The lowest BCUT2D eigenvalue weighted by Crippen LogP contribution is -2.19. The SMILES string of the molecule is O=C(CSc1nc2ccccc2s1)N/N=C/c1cccc(C(F)(F)F)c1. The number of amides is 1. The number of fused-ring (bicyclic) bond motifs is 1. The average Bonchev–Trinajstić information content (AvgIpc) is 3.02. The van der Waals surface area contributed by atoms with E-state index in [1.165, 1.54) is 41.4 Å². The van der Waals surface area contributed by atoms with E-state index >= 15 is 0 Å². The van der Waals surface area contributed by atoms with Gasteiger partial charge in [0.2, 0.25) is 0 Å². The van der Waals surface area contributed by atoms with Crippen molar-refractivity contribution in [2.75, 3.05) is 5.75 Å². The number of thioether (sulfide) groups is 1. The van der Waals surface area contributed by atoms with Gasteiger partial charge in [-0.1, -0.05) is 36.0 Å². The lowest BCUT2D eigenvalue weighted by atomic mass is 10.1. The first-order valence-electron chi connectivity index (χ1n) is 7.39. The van der Waals surface area contributed by atoms with Crippen LogP contribution in [0.15, 0.2) is 58.0 Å². The summed E-state index contributed by atoms with van der Waals surface area (Å²) in [5, 5.41) is 3.70. The quantitative estimate of drug-likeness (QED) is 0.392. The minimum Gasteiger partial charge on any atom is -0.272 e. The summed E-state index contributed by atoms with van der Waals surface area (Å²) in [6, 6.07) is 12.4. The summed E-state index contributed by atoms with van der Waals surface area (Å²) < 4.78 is 39.7. The summed E-state index contributed by atoms with van der Waals surface area (Å²) in [6.07, 6.45) is -3.24. The number of benzene rings is 2. The van der Waals surface area contributed by atoms with E-state index in [-0.39, 0.29) is 17.2 Å². The van der Waals surface area contributed by atoms with Gasteiger partial charge >= 0.3 is 6.18 Å². The van der Waals surface area contributed by atoms with Gasteiger partial charge in [-0.05, 0) is 29.8 Å². The topological polar surface area (TPSA) is 54.4 Å². The van der Waals surface area contributed by atoms with Gasteiger partial charge in [0.15, 0.2) is 4.34 Å². The molecule has 3 aromatic rings. The Labute approximate surface area is 155 Å². The van der Waals surface area contributed by atoms with E-state index in [0.29, 0.717) is 0 Å². The Morgan fingerprint density at radius 2 is 2.04 bits per heavy atom. The third kappa shape index (κ3) is 4.83. The molecule has 0 radical (unpaired) electrons. The summed E-state index contributed by atoms with van der Waals surface area (Å²) in [6.45, 7) is 0. The van der Waals surface area contributed by atoms with Crippen LogP contribution in [0.3, 0.4) is 0 Å². The molecule has 134 valence electrons. The molecule has 26 heavy (non-hydrogen) atoms. The highest BCUT2D eigenvalue weighted by Gasteiger charge is 2.30. The minimum atomic E-state index is -4.42. The number of halogens is 3. The van der Waals surface area contributed by atoms with Crippen LogP contribution in [0.5, 0.6) is 0 Å². The predicted molar refractivity (Wildman–Crippen MR) is 97.5 cm³/mol. The van der Waals surface area contributed by atoms with Gasteiger partial charge in [-0.3, -0.25) is 4.79 Å².